The minimum absolute atomic E-state index is 0.0260. The Bertz CT molecular complexity index is 1310. The van der Waals surface area contributed by atoms with Gasteiger partial charge in [-0.05, 0) is 56.2 Å². The number of rotatable bonds is 5. The zero-order chi connectivity index (χ0) is 22.9. The Hall–Kier alpha value is -2.75. The Morgan fingerprint density at radius 1 is 1.22 bits per heavy atom. The lowest BCUT2D eigenvalue weighted by Crippen LogP contribution is -2.42. The van der Waals surface area contributed by atoms with E-state index in [0.29, 0.717) is 35.3 Å². The molecule has 2 aromatic carbocycles. The Labute approximate surface area is 190 Å². The van der Waals surface area contributed by atoms with Gasteiger partial charge in [0.25, 0.3) is 5.56 Å². The maximum atomic E-state index is 13.0. The molecule has 2 heterocycles. The third-order valence-corrected chi connectivity index (χ3v) is 7.61. The molecule has 1 aliphatic heterocycles. The first-order chi connectivity index (χ1) is 15.3. The van der Waals surface area contributed by atoms with E-state index in [1.807, 2.05) is 0 Å². The molecule has 32 heavy (non-hydrogen) atoms. The SMILES string of the molecule is CC(OC(=O)C1CCCN(S(=O)(=O)c2ccc(Cl)cc2)C1)c1nc2ccccc2c(=O)[nH]1. The first-order valence-electron chi connectivity index (χ1n) is 10.2. The number of halogens is 1. The highest BCUT2D eigenvalue weighted by atomic mass is 35.5. The van der Waals surface area contributed by atoms with Crippen molar-refractivity contribution in [2.24, 2.45) is 5.92 Å². The molecule has 10 heteroatoms. The van der Waals surface area contributed by atoms with Crippen LogP contribution in [0.3, 0.4) is 0 Å². The summed E-state index contributed by atoms with van der Waals surface area (Å²) in [5, 5.41) is 0.892. The number of carbonyl (C=O) groups is 1. The highest BCUT2D eigenvalue weighted by Crippen LogP contribution is 2.27. The molecule has 0 spiro atoms. The van der Waals surface area contributed by atoms with Crippen LogP contribution in [-0.4, -0.2) is 41.7 Å². The third kappa shape index (κ3) is 4.55. The molecule has 0 radical (unpaired) electrons. The van der Waals surface area contributed by atoms with Gasteiger partial charge in [0, 0.05) is 18.1 Å². The van der Waals surface area contributed by atoms with Crippen molar-refractivity contribution in [1.29, 1.82) is 0 Å². The van der Waals surface area contributed by atoms with Gasteiger partial charge in [0.1, 0.15) is 0 Å². The van der Waals surface area contributed by atoms with Crippen molar-refractivity contribution in [3.63, 3.8) is 0 Å². The second-order valence-corrected chi connectivity index (χ2v) is 10.1. The highest BCUT2D eigenvalue weighted by molar-refractivity contribution is 7.89. The fraction of sp³-hybridized carbons (Fsp3) is 0.318. The molecule has 168 valence electrons. The molecule has 0 amide bonds. The van der Waals surface area contributed by atoms with Crippen LogP contribution in [0.1, 0.15) is 31.7 Å². The summed E-state index contributed by atoms with van der Waals surface area (Å²) < 4.78 is 32.8. The lowest BCUT2D eigenvalue weighted by molar-refractivity contribution is -0.155. The number of aromatic amines is 1. The summed E-state index contributed by atoms with van der Waals surface area (Å²) in [5.41, 5.74) is 0.193. The van der Waals surface area contributed by atoms with Gasteiger partial charge in [0.05, 0.1) is 21.7 Å². The molecule has 1 fully saturated rings. The number of nitrogens with zero attached hydrogens (tertiary/aromatic N) is 2. The number of piperidine rings is 1. The van der Waals surface area contributed by atoms with Crippen molar-refractivity contribution in [2.75, 3.05) is 13.1 Å². The van der Waals surface area contributed by atoms with E-state index in [-0.39, 0.29) is 22.8 Å². The molecule has 3 aromatic rings. The second-order valence-electron chi connectivity index (χ2n) is 7.70. The summed E-state index contributed by atoms with van der Waals surface area (Å²) in [6, 6.07) is 12.8. The first kappa shape index (κ1) is 22.4. The largest absolute Gasteiger partial charge is 0.454 e. The second kappa shape index (κ2) is 9.01. The predicted molar refractivity (Wildman–Crippen MR) is 120 cm³/mol. The van der Waals surface area contributed by atoms with Crippen LogP contribution in [0, 0.1) is 5.92 Å². The summed E-state index contributed by atoms with van der Waals surface area (Å²) in [6.07, 6.45) is 0.259. The molecular formula is C22H22ClN3O5S. The fourth-order valence-corrected chi connectivity index (χ4v) is 5.38. The molecule has 1 N–H and O–H groups in total. The minimum Gasteiger partial charge on any atom is -0.454 e. The molecule has 0 aliphatic carbocycles. The van der Waals surface area contributed by atoms with E-state index < -0.39 is 28.0 Å². The number of esters is 1. The smallest absolute Gasteiger partial charge is 0.310 e. The molecule has 0 bridgehead atoms. The number of carbonyl (C=O) groups excluding carboxylic acids is 1. The van der Waals surface area contributed by atoms with E-state index >= 15 is 0 Å². The Kier molecular flexibility index (Phi) is 6.32. The zero-order valence-corrected chi connectivity index (χ0v) is 18.9. The summed E-state index contributed by atoms with van der Waals surface area (Å²) in [5.74, 6) is -0.895. The standard InChI is InChI=1S/C22H22ClN3O5S/c1-14(20-24-19-7-3-2-6-18(19)21(27)25-20)31-22(28)15-5-4-12-26(13-15)32(29,30)17-10-8-16(23)9-11-17/h2-3,6-11,14-15H,4-5,12-13H2,1H3,(H,24,25,27). The summed E-state index contributed by atoms with van der Waals surface area (Å²) >= 11 is 5.86. The van der Waals surface area contributed by atoms with Crippen LogP contribution < -0.4 is 5.56 Å². The topological polar surface area (TPSA) is 109 Å². The molecule has 2 atom stereocenters. The lowest BCUT2D eigenvalue weighted by Gasteiger charge is -2.31. The average Bonchev–Trinajstić information content (AvgIpc) is 2.79. The molecule has 1 aromatic heterocycles. The number of ether oxygens (including phenoxy) is 1. The van der Waals surface area contributed by atoms with Crippen LogP contribution in [0.4, 0.5) is 0 Å². The first-order valence-corrected chi connectivity index (χ1v) is 12.0. The normalized spacial score (nSPS) is 18.4. The summed E-state index contributed by atoms with van der Waals surface area (Å²) in [4.78, 5) is 32.3. The van der Waals surface area contributed by atoms with Gasteiger partial charge in [-0.3, -0.25) is 9.59 Å². The average molecular weight is 476 g/mol. The van der Waals surface area contributed by atoms with Crippen LogP contribution in [0.25, 0.3) is 10.9 Å². The number of benzene rings is 2. The van der Waals surface area contributed by atoms with E-state index in [4.69, 9.17) is 16.3 Å². The van der Waals surface area contributed by atoms with E-state index in [9.17, 15) is 18.0 Å². The fourth-order valence-electron chi connectivity index (χ4n) is 3.73. The van der Waals surface area contributed by atoms with Gasteiger partial charge in [0.15, 0.2) is 11.9 Å². The molecule has 4 rings (SSSR count). The van der Waals surface area contributed by atoms with Crippen LogP contribution in [0.2, 0.25) is 5.02 Å². The number of nitrogens with one attached hydrogen (secondary N) is 1. The van der Waals surface area contributed by atoms with E-state index in [1.54, 1.807) is 31.2 Å². The van der Waals surface area contributed by atoms with E-state index in [1.165, 1.54) is 28.6 Å². The van der Waals surface area contributed by atoms with Crippen molar-refractivity contribution in [3.8, 4) is 0 Å². The molecule has 0 saturated carbocycles. The van der Waals surface area contributed by atoms with Gasteiger partial charge in [-0.2, -0.15) is 4.31 Å². The van der Waals surface area contributed by atoms with E-state index in [2.05, 4.69) is 9.97 Å². The van der Waals surface area contributed by atoms with Gasteiger partial charge in [0.2, 0.25) is 10.0 Å². The van der Waals surface area contributed by atoms with Gasteiger partial charge in [-0.25, -0.2) is 13.4 Å². The Morgan fingerprint density at radius 2 is 1.94 bits per heavy atom. The molecule has 1 aliphatic rings. The number of sulfonamides is 1. The summed E-state index contributed by atoms with van der Waals surface area (Å²) in [7, 11) is -3.75. The van der Waals surface area contributed by atoms with Crippen LogP contribution in [0.15, 0.2) is 58.2 Å². The van der Waals surface area contributed by atoms with Gasteiger partial charge in [-0.15, -0.1) is 0 Å². The summed E-state index contributed by atoms with van der Waals surface area (Å²) in [6.45, 7) is 1.97. The number of aromatic nitrogens is 2. The third-order valence-electron chi connectivity index (χ3n) is 5.48. The van der Waals surface area contributed by atoms with E-state index in [0.717, 1.165) is 0 Å². The minimum atomic E-state index is -3.75. The van der Waals surface area contributed by atoms with Crippen LogP contribution >= 0.6 is 11.6 Å². The van der Waals surface area contributed by atoms with Crippen LogP contribution in [0.5, 0.6) is 0 Å². The van der Waals surface area contributed by atoms with Crippen molar-refractivity contribution >= 4 is 38.5 Å². The van der Waals surface area contributed by atoms with Gasteiger partial charge >= 0.3 is 5.97 Å². The maximum absolute atomic E-state index is 13.0. The monoisotopic (exact) mass is 475 g/mol. The van der Waals surface area contributed by atoms with Crippen molar-refractivity contribution in [3.05, 3.63) is 69.7 Å². The van der Waals surface area contributed by atoms with Gasteiger partial charge < -0.3 is 9.72 Å². The number of para-hydroxylation sites is 1. The number of hydrogen-bond donors (Lipinski definition) is 1. The number of hydrogen-bond acceptors (Lipinski definition) is 6. The molecule has 2 unspecified atom stereocenters. The Balaban J connectivity index is 1.47. The zero-order valence-electron chi connectivity index (χ0n) is 17.3. The van der Waals surface area contributed by atoms with Crippen LogP contribution in [-0.2, 0) is 19.6 Å². The molecule has 8 nitrogen and oxygen atoms in total. The number of fused-ring (bicyclic) bond motifs is 1. The van der Waals surface area contributed by atoms with Crippen molar-refractivity contribution < 1.29 is 17.9 Å². The quantitative estimate of drug-likeness (QED) is 0.567. The Morgan fingerprint density at radius 3 is 2.69 bits per heavy atom. The predicted octanol–water partition coefficient (Wildman–Crippen LogP) is 3.28. The lowest BCUT2D eigenvalue weighted by atomic mass is 10.00. The molecular weight excluding hydrogens is 454 g/mol. The van der Waals surface area contributed by atoms with Crippen molar-refractivity contribution in [2.45, 2.75) is 30.8 Å². The number of H-pyrrole nitrogens is 1. The highest BCUT2D eigenvalue weighted by Gasteiger charge is 2.35. The van der Waals surface area contributed by atoms with Gasteiger partial charge in [-0.1, -0.05) is 23.7 Å². The molecule has 1 saturated heterocycles. The van der Waals surface area contributed by atoms with Crippen molar-refractivity contribution in [1.82, 2.24) is 14.3 Å². The maximum Gasteiger partial charge on any atom is 0.310 e.